The summed E-state index contributed by atoms with van der Waals surface area (Å²) in [6.45, 7) is 5.63. The fraction of sp³-hybridized carbons (Fsp3) is 0.458. The third kappa shape index (κ3) is 6.46. The molecule has 0 radical (unpaired) electrons. The molecule has 1 aliphatic rings. The van der Waals surface area contributed by atoms with Crippen molar-refractivity contribution < 1.29 is 22.7 Å². The van der Waals surface area contributed by atoms with Crippen molar-refractivity contribution in [3.63, 3.8) is 0 Å². The third-order valence-electron chi connectivity index (χ3n) is 5.41. The second-order valence-electron chi connectivity index (χ2n) is 7.90. The standard InChI is InChI=1S/C24H32N2O5S/c1-3-23(31-21-9-7-19(2)8-10-21)24(27)25-15-18-30-20-11-13-22(14-12-20)32(28,29)26-16-5-4-6-17-26/h7-14,23H,3-6,15-18H2,1-2H3,(H,25,27)/t23-/m1/s1. The minimum Gasteiger partial charge on any atom is -0.492 e. The normalized spacial score (nSPS) is 15.7. The van der Waals surface area contributed by atoms with Crippen LogP contribution < -0.4 is 14.8 Å². The zero-order chi connectivity index (χ0) is 23.0. The zero-order valence-corrected chi connectivity index (χ0v) is 19.6. The van der Waals surface area contributed by atoms with Crippen LogP contribution in [0.25, 0.3) is 0 Å². The third-order valence-corrected chi connectivity index (χ3v) is 7.32. The summed E-state index contributed by atoms with van der Waals surface area (Å²) in [5, 5.41) is 2.82. The molecule has 7 nitrogen and oxygen atoms in total. The van der Waals surface area contributed by atoms with Gasteiger partial charge in [0.1, 0.15) is 18.1 Å². The monoisotopic (exact) mass is 460 g/mol. The molecular formula is C24H32N2O5S. The van der Waals surface area contributed by atoms with Crippen molar-refractivity contribution in [1.82, 2.24) is 9.62 Å². The van der Waals surface area contributed by atoms with Crippen LogP contribution in [-0.2, 0) is 14.8 Å². The molecule has 2 aromatic carbocycles. The smallest absolute Gasteiger partial charge is 0.261 e. The lowest BCUT2D eigenvalue weighted by Crippen LogP contribution is -2.39. The predicted molar refractivity (Wildman–Crippen MR) is 123 cm³/mol. The van der Waals surface area contributed by atoms with Gasteiger partial charge in [-0.2, -0.15) is 4.31 Å². The fourth-order valence-corrected chi connectivity index (χ4v) is 5.04. The largest absolute Gasteiger partial charge is 0.492 e. The number of ether oxygens (including phenoxy) is 2. The quantitative estimate of drug-likeness (QED) is 0.549. The summed E-state index contributed by atoms with van der Waals surface area (Å²) in [5.41, 5.74) is 1.13. The molecule has 2 aromatic rings. The number of nitrogens with one attached hydrogen (secondary N) is 1. The van der Waals surface area contributed by atoms with Crippen molar-refractivity contribution >= 4 is 15.9 Å². The lowest BCUT2D eigenvalue weighted by molar-refractivity contribution is -0.128. The highest BCUT2D eigenvalue weighted by atomic mass is 32.2. The molecule has 1 amide bonds. The van der Waals surface area contributed by atoms with Crippen molar-refractivity contribution in [2.75, 3.05) is 26.2 Å². The highest BCUT2D eigenvalue weighted by molar-refractivity contribution is 7.89. The molecule has 1 fully saturated rings. The molecule has 0 bridgehead atoms. The minimum atomic E-state index is -3.45. The van der Waals surface area contributed by atoms with E-state index >= 15 is 0 Å². The van der Waals surface area contributed by atoms with E-state index in [-0.39, 0.29) is 17.4 Å². The van der Waals surface area contributed by atoms with Crippen LogP contribution >= 0.6 is 0 Å². The summed E-state index contributed by atoms with van der Waals surface area (Å²) in [4.78, 5) is 12.7. The summed E-state index contributed by atoms with van der Waals surface area (Å²) in [6.07, 6.45) is 2.86. The molecular weight excluding hydrogens is 428 g/mol. The highest BCUT2D eigenvalue weighted by Crippen LogP contribution is 2.22. The number of amides is 1. The van der Waals surface area contributed by atoms with Gasteiger partial charge in [-0.15, -0.1) is 0 Å². The van der Waals surface area contributed by atoms with E-state index in [9.17, 15) is 13.2 Å². The number of sulfonamides is 1. The molecule has 1 atom stereocenters. The van der Waals surface area contributed by atoms with E-state index in [1.54, 1.807) is 28.6 Å². The van der Waals surface area contributed by atoms with Crippen LogP contribution in [0.1, 0.15) is 38.2 Å². The van der Waals surface area contributed by atoms with Crippen LogP contribution in [0.3, 0.4) is 0 Å². The Morgan fingerprint density at radius 3 is 2.25 bits per heavy atom. The molecule has 1 saturated heterocycles. The van der Waals surface area contributed by atoms with E-state index in [2.05, 4.69) is 5.32 Å². The summed E-state index contributed by atoms with van der Waals surface area (Å²) >= 11 is 0. The van der Waals surface area contributed by atoms with E-state index in [0.717, 1.165) is 24.8 Å². The number of aryl methyl sites for hydroxylation is 1. The molecule has 174 valence electrons. The van der Waals surface area contributed by atoms with E-state index in [4.69, 9.17) is 9.47 Å². The van der Waals surface area contributed by atoms with Crippen molar-refractivity contribution in [2.45, 2.75) is 50.5 Å². The maximum atomic E-state index is 12.7. The zero-order valence-electron chi connectivity index (χ0n) is 18.7. The number of rotatable bonds is 10. The van der Waals surface area contributed by atoms with E-state index in [1.807, 2.05) is 38.1 Å². The van der Waals surface area contributed by atoms with Gasteiger partial charge in [-0.25, -0.2) is 8.42 Å². The maximum absolute atomic E-state index is 12.7. The predicted octanol–water partition coefficient (Wildman–Crippen LogP) is 3.52. The number of carbonyl (C=O) groups excluding carboxylic acids is 1. The molecule has 8 heteroatoms. The summed E-state index contributed by atoms with van der Waals surface area (Å²) < 4.78 is 38.4. The Morgan fingerprint density at radius 2 is 1.62 bits per heavy atom. The molecule has 0 aromatic heterocycles. The first-order valence-corrected chi connectivity index (χ1v) is 12.6. The van der Waals surface area contributed by atoms with Crippen LogP contribution in [0.4, 0.5) is 0 Å². The molecule has 0 unspecified atom stereocenters. The van der Waals surface area contributed by atoms with Crippen LogP contribution in [-0.4, -0.2) is 51.0 Å². The van der Waals surface area contributed by atoms with Crippen molar-refractivity contribution in [3.8, 4) is 11.5 Å². The molecule has 0 saturated carbocycles. The van der Waals surface area contributed by atoms with Gasteiger partial charge in [-0.3, -0.25) is 4.79 Å². The Bertz CT molecular complexity index is 968. The Hall–Kier alpha value is -2.58. The summed E-state index contributed by atoms with van der Waals surface area (Å²) in [6, 6.07) is 14.0. The van der Waals surface area contributed by atoms with Gasteiger partial charge in [-0.05, 0) is 62.6 Å². The average Bonchev–Trinajstić information content (AvgIpc) is 2.82. The van der Waals surface area contributed by atoms with Gasteiger partial charge in [-0.1, -0.05) is 31.0 Å². The highest BCUT2D eigenvalue weighted by Gasteiger charge is 2.25. The van der Waals surface area contributed by atoms with Crippen molar-refractivity contribution in [2.24, 2.45) is 0 Å². The molecule has 1 heterocycles. The second-order valence-corrected chi connectivity index (χ2v) is 9.84. The molecule has 1 N–H and O–H groups in total. The van der Waals surface area contributed by atoms with Gasteiger partial charge < -0.3 is 14.8 Å². The Kier molecular flexibility index (Phi) is 8.53. The maximum Gasteiger partial charge on any atom is 0.261 e. The molecule has 1 aliphatic heterocycles. The van der Waals surface area contributed by atoms with Gasteiger partial charge in [0.2, 0.25) is 10.0 Å². The van der Waals surface area contributed by atoms with Crippen molar-refractivity contribution in [3.05, 3.63) is 54.1 Å². The van der Waals surface area contributed by atoms with Crippen LogP contribution in [0.15, 0.2) is 53.4 Å². The molecule has 32 heavy (non-hydrogen) atoms. The minimum absolute atomic E-state index is 0.195. The van der Waals surface area contributed by atoms with Gasteiger partial charge in [0.15, 0.2) is 6.10 Å². The van der Waals surface area contributed by atoms with Gasteiger partial charge >= 0.3 is 0 Å². The molecule has 0 spiro atoms. The van der Waals surface area contributed by atoms with E-state index in [1.165, 1.54) is 0 Å². The summed E-state index contributed by atoms with van der Waals surface area (Å²) in [7, 11) is -3.45. The topological polar surface area (TPSA) is 84.9 Å². The second kappa shape index (κ2) is 11.3. The average molecular weight is 461 g/mol. The summed E-state index contributed by atoms with van der Waals surface area (Å²) in [5.74, 6) is 1.02. The van der Waals surface area contributed by atoms with E-state index in [0.29, 0.717) is 37.6 Å². The SMILES string of the molecule is CC[C@@H](Oc1ccc(C)cc1)C(=O)NCCOc1ccc(S(=O)(=O)N2CCCCC2)cc1. The number of benzene rings is 2. The number of piperidine rings is 1. The van der Waals surface area contributed by atoms with Crippen molar-refractivity contribution in [1.29, 1.82) is 0 Å². The Balaban J connectivity index is 1.44. The first kappa shape index (κ1) is 24.1. The van der Waals surface area contributed by atoms with Crippen LogP contribution in [0.5, 0.6) is 11.5 Å². The Morgan fingerprint density at radius 1 is 1.00 bits per heavy atom. The van der Waals surface area contributed by atoms with E-state index < -0.39 is 16.1 Å². The number of nitrogens with zero attached hydrogens (tertiary/aromatic N) is 1. The lowest BCUT2D eigenvalue weighted by Gasteiger charge is -2.25. The first-order valence-electron chi connectivity index (χ1n) is 11.1. The molecule has 0 aliphatic carbocycles. The van der Waals surface area contributed by atoms with Crippen LogP contribution in [0, 0.1) is 6.92 Å². The van der Waals surface area contributed by atoms with Gasteiger partial charge in [0.05, 0.1) is 11.4 Å². The first-order chi connectivity index (χ1) is 15.4. The van der Waals surface area contributed by atoms with Crippen LogP contribution in [0.2, 0.25) is 0 Å². The fourth-order valence-electron chi connectivity index (χ4n) is 3.52. The number of carbonyl (C=O) groups is 1. The van der Waals surface area contributed by atoms with Gasteiger partial charge in [0, 0.05) is 13.1 Å². The molecule has 3 rings (SSSR count). The Labute approximate surface area is 190 Å². The van der Waals surface area contributed by atoms with Gasteiger partial charge in [0.25, 0.3) is 5.91 Å². The lowest BCUT2D eigenvalue weighted by atomic mass is 10.2. The number of hydrogen-bond acceptors (Lipinski definition) is 5. The number of hydrogen-bond donors (Lipinski definition) is 1.